The van der Waals surface area contributed by atoms with E-state index >= 15 is 0 Å². The summed E-state index contributed by atoms with van der Waals surface area (Å²) in [5.41, 5.74) is 4.05. The quantitative estimate of drug-likeness (QED) is 0.503. The van der Waals surface area contributed by atoms with Crippen LogP contribution in [-0.4, -0.2) is 38.6 Å². The maximum Gasteiger partial charge on any atom is 0.306 e. The van der Waals surface area contributed by atoms with E-state index in [1.165, 1.54) is 37.0 Å². The summed E-state index contributed by atoms with van der Waals surface area (Å²) < 4.78 is 15.6. The Bertz CT molecular complexity index is 1110. The van der Waals surface area contributed by atoms with Crippen LogP contribution in [0.4, 0.5) is 16.0 Å². The monoisotopic (exact) mass is 450 g/mol. The number of halogens is 1. The van der Waals surface area contributed by atoms with Gasteiger partial charge in [-0.2, -0.15) is 0 Å². The van der Waals surface area contributed by atoms with Crippen LogP contribution in [0.3, 0.4) is 0 Å². The van der Waals surface area contributed by atoms with Crippen molar-refractivity contribution in [2.75, 3.05) is 18.4 Å². The smallest absolute Gasteiger partial charge is 0.306 e. The minimum atomic E-state index is -0.697. The number of anilines is 2. The first kappa shape index (κ1) is 21.9. The lowest BCUT2D eigenvalue weighted by Gasteiger charge is -2.29. The number of hydrogen-bond acceptors (Lipinski definition) is 4. The third-order valence-electron chi connectivity index (χ3n) is 7.12. The molecule has 174 valence electrons. The van der Waals surface area contributed by atoms with Gasteiger partial charge in [-0.05, 0) is 93.6 Å². The van der Waals surface area contributed by atoms with Crippen LogP contribution in [0, 0.1) is 11.7 Å². The lowest BCUT2D eigenvalue weighted by Crippen LogP contribution is -2.29. The van der Waals surface area contributed by atoms with Crippen LogP contribution >= 0.6 is 0 Å². The van der Waals surface area contributed by atoms with Crippen molar-refractivity contribution in [2.24, 2.45) is 5.92 Å². The number of aliphatic carboxylic acids is 1. The fourth-order valence-electron chi connectivity index (χ4n) is 5.31. The number of carboxylic acid groups (broad SMARTS) is 1. The highest BCUT2D eigenvalue weighted by atomic mass is 19.1. The molecule has 1 aromatic heterocycles. The number of fused-ring (bicyclic) bond motifs is 1. The maximum absolute atomic E-state index is 13.4. The van der Waals surface area contributed by atoms with E-state index in [0.717, 1.165) is 55.1 Å². The normalized spacial score (nSPS) is 21.8. The molecule has 1 aliphatic carbocycles. The Morgan fingerprint density at radius 1 is 1.03 bits per heavy atom. The molecule has 2 aliphatic rings. The second kappa shape index (κ2) is 9.51. The minimum absolute atomic E-state index is 0.179. The van der Waals surface area contributed by atoms with Gasteiger partial charge in [0.15, 0.2) is 0 Å². The Kier molecular flexibility index (Phi) is 6.31. The molecule has 1 aliphatic heterocycles. The zero-order chi connectivity index (χ0) is 22.8. The van der Waals surface area contributed by atoms with E-state index in [1.807, 2.05) is 0 Å². The summed E-state index contributed by atoms with van der Waals surface area (Å²) in [5, 5.41) is 12.8. The molecule has 6 nitrogen and oxygen atoms in total. The zero-order valence-corrected chi connectivity index (χ0v) is 18.8. The van der Waals surface area contributed by atoms with E-state index < -0.39 is 5.97 Å². The molecule has 1 saturated heterocycles. The molecule has 0 amide bonds. The Balaban J connectivity index is 1.48. The first-order valence-corrected chi connectivity index (χ1v) is 12.1. The molecule has 3 aromatic rings. The van der Waals surface area contributed by atoms with Crippen LogP contribution in [0.5, 0.6) is 0 Å². The summed E-state index contributed by atoms with van der Waals surface area (Å²) in [6.45, 7) is 3.23. The number of imidazole rings is 1. The van der Waals surface area contributed by atoms with E-state index in [9.17, 15) is 14.3 Å². The number of rotatable bonds is 6. The standard InChI is InChI=1S/C26H31FN4O2/c27-20-7-9-21(10-8-20)28-26-29-23-13-4-18(17-30-14-2-1-3-15-30)16-24(23)31(26)22-11-5-19(6-12-22)25(32)33/h4,7-10,13,16,19,22H,1-3,5-6,11-12,14-15,17H2,(H,28,29)(H,32,33). The molecule has 2 N–H and O–H groups in total. The van der Waals surface area contributed by atoms with Gasteiger partial charge in [0.2, 0.25) is 5.95 Å². The van der Waals surface area contributed by atoms with Crippen LogP contribution in [-0.2, 0) is 11.3 Å². The number of nitrogens with zero attached hydrogens (tertiary/aromatic N) is 3. The SMILES string of the molecule is O=C(O)C1CCC(n2c(Nc3ccc(F)cc3)nc3ccc(CN4CCCCC4)cc32)CC1. The molecule has 0 unspecified atom stereocenters. The highest BCUT2D eigenvalue weighted by Gasteiger charge is 2.29. The number of aromatic nitrogens is 2. The average Bonchev–Trinajstić information content (AvgIpc) is 3.18. The van der Waals surface area contributed by atoms with Gasteiger partial charge in [-0.1, -0.05) is 12.5 Å². The summed E-state index contributed by atoms with van der Waals surface area (Å²) >= 11 is 0. The molecule has 0 atom stereocenters. The van der Waals surface area contributed by atoms with Crippen LogP contribution in [0.1, 0.15) is 56.6 Å². The van der Waals surface area contributed by atoms with Crippen LogP contribution < -0.4 is 5.32 Å². The number of likely N-dealkylation sites (tertiary alicyclic amines) is 1. The molecule has 2 fully saturated rings. The van der Waals surface area contributed by atoms with Gasteiger partial charge < -0.3 is 15.0 Å². The topological polar surface area (TPSA) is 70.4 Å². The van der Waals surface area contributed by atoms with Crippen molar-refractivity contribution in [3.8, 4) is 0 Å². The predicted octanol–water partition coefficient (Wildman–Crippen LogP) is 5.72. The minimum Gasteiger partial charge on any atom is -0.481 e. The van der Waals surface area contributed by atoms with E-state index in [4.69, 9.17) is 4.98 Å². The molecule has 2 heterocycles. The largest absolute Gasteiger partial charge is 0.481 e. The van der Waals surface area contributed by atoms with E-state index in [0.29, 0.717) is 12.8 Å². The molecule has 33 heavy (non-hydrogen) atoms. The van der Waals surface area contributed by atoms with Gasteiger partial charge in [0.05, 0.1) is 17.0 Å². The fraction of sp³-hybridized carbons (Fsp3) is 0.462. The van der Waals surface area contributed by atoms with Crippen molar-refractivity contribution in [2.45, 2.75) is 57.5 Å². The molecular weight excluding hydrogens is 419 g/mol. The van der Waals surface area contributed by atoms with Crippen molar-refractivity contribution in [3.05, 3.63) is 53.8 Å². The fourth-order valence-corrected chi connectivity index (χ4v) is 5.31. The summed E-state index contributed by atoms with van der Waals surface area (Å²) in [6.07, 6.45) is 6.79. The maximum atomic E-state index is 13.4. The third-order valence-corrected chi connectivity index (χ3v) is 7.12. The van der Waals surface area contributed by atoms with Crippen molar-refractivity contribution in [1.82, 2.24) is 14.5 Å². The van der Waals surface area contributed by atoms with Crippen LogP contribution in [0.15, 0.2) is 42.5 Å². The second-order valence-corrected chi connectivity index (χ2v) is 9.44. The summed E-state index contributed by atoms with van der Waals surface area (Å²) in [4.78, 5) is 18.9. The van der Waals surface area contributed by atoms with Gasteiger partial charge >= 0.3 is 5.97 Å². The van der Waals surface area contributed by atoms with Crippen molar-refractivity contribution < 1.29 is 14.3 Å². The van der Waals surface area contributed by atoms with Gasteiger partial charge in [-0.3, -0.25) is 9.69 Å². The van der Waals surface area contributed by atoms with Gasteiger partial charge in [-0.25, -0.2) is 9.37 Å². The Hall–Kier alpha value is -2.93. The molecular formula is C26H31FN4O2. The van der Waals surface area contributed by atoms with Gasteiger partial charge in [0.1, 0.15) is 5.82 Å². The van der Waals surface area contributed by atoms with E-state index in [1.54, 1.807) is 12.1 Å². The first-order valence-electron chi connectivity index (χ1n) is 12.1. The molecule has 0 bridgehead atoms. The Morgan fingerprint density at radius 3 is 2.45 bits per heavy atom. The highest BCUT2D eigenvalue weighted by Crippen LogP contribution is 2.38. The molecule has 0 radical (unpaired) electrons. The van der Waals surface area contributed by atoms with Crippen molar-refractivity contribution in [3.63, 3.8) is 0 Å². The van der Waals surface area contributed by atoms with Gasteiger partial charge in [-0.15, -0.1) is 0 Å². The van der Waals surface area contributed by atoms with Crippen LogP contribution in [0.2, 0.25) is 0 Å². The van der Waals surface area contributed by atoms with E-state index in [2.05, 4.69) is 33.0 Å². The number of piperidine rings is 1. The average molecular weight is 451 g/mol. The van der Waals surface area contributed by atoms with Gasteiger partial charge in [0.25, 0.3) is 0 Å². The number of carboxylic acids is 1. The lowest BCUT2D eigenvalue weighted by molar-refractivity contribution is -0.143. The Labute approximate surface area is 193 Å². The lowest BCUT2D eigenvalue weighted by atomic mass is 9.86. The molecule has 0 spiro atoms. The number of hydrogen-bond donors (Lipinski definition) is 2. The predicted molar refractivity (Wildman–Crippen MR) is 127 cm³/mol. The van der Waals surface area contributed by atoms with Gasteiger partial charge in [0, 0.05) is 18.3 Å². The third kappa shape index (κ3) is 4.88. The summed E-state index contributed by atoms with van der Waals surface area (Å²) in [6, 6.07) is 13.0. The second-order valence-electron chi connectivity index (χ2n) is 9.44. The zero-order valence-electron chi connectivity index (χ0n) is 18.8. The van der Waals surface area contributed by atoms with E-state index in [-0.39, 0.29) is 17.8 Å². The van der Waals surface area contributed by atoms with Crippen molar-refractivity contribution >= 4 is 28.6 Å². The first-order chi connectivity index (χ1) is 16.1. The number of carbonyl (C=O) groups is 1. The number of benzene rings is 2. The van der Waals surface area contributed by atoms with Crippen LogP contribution in [0.25, 0.3) is 11.0 Å². The molecule has 1 saturated carbocycles. The number of nitrogens with one attached hydrogen (secondary N) is 1. The summed E-state index contributed by atoms with van der Waals surface area (Å²) in [5.74, 6) is -0.509. The highest BCUT2D eigenvalue weighted by molar-refractivity contribution is 5.81. The molecule has 2 aromatic carbocycles. The molecule has 7 heteroatoms. The Morgan fingerprint density at radius 2 is 1.76 bits per heavy atom. The van der Waals surface area contributed by atoms with Crippen molar-refractivity contribution in [1.29, 1.82) is 0 Å². The molecule has 5 rings (SSSR count). The summed E-state index contributed by atoms with van der Waals surface area (Å²) in [7, 11) is 0.